The molecule has 0 unspecified atom stereocenters. The maximum absolute atomic E-state index is 12.0. The summed E-state index contributed by atoms with van der Waals surface area (Å²) < 4.78 is 7.68. The number of nitrogens with zero attached hydrogens (tertiary/aromatic N) is 1. The van der Waals surface area contributed by atoms with Crippen molar-refractivity contribution in [3.63, 3.8) is 0 Å². The summed E-state index contributed by atoms with van der Waals surface area (Å²) in [6, 6.07) is 17.7. The van der Waals surface area contributed by atoms with Gasteiger partial charge in [0.25, 0.3) is 0 Å². The zero-order chi connectivity index (χ0) is 20.1. The maximum Gasteiger partial charge on any atom is 0.337 e. The van der Waals surface area contributed by atoms with Gasteiger partial charge in [0.2, 0.25) is 0 Å². The van der Waals surface area contributed by atoms with Gasteiger partial charge in [0.1, 0.15) is 5.75 Å². The van der Waals surface area contributed by atoms with Crippen LogP contribution in [0.3, 0.4) is 0 Å². The van der Waals surface area contributed by atoms with Crippen molar-refractivity contribution < 1.29 is 14.6 Å². The second-order valence-electron chi connectivity index (χ2n) is 6.64. The second kappa shape index (κ2) is 8.76. The van der Waals surface area contributed by atoms with Crippen LogP contribution in [0.15, 0.2) is 54.6 Å². The van der Waals surface area contributed by atoms with Crippen LogP contribution in [0.25, 0.3) is 5.69 Å². The topological polar surface area (TPSA) is 63.5 Å². The van der Waals surface area contributed by atoms with Gasteiger partial charge in [-0.15, -0.1) is 0 Å². The van der Waals surface area contributed by atoms with Crippen molar-refractivity contribution in [2.45, 2.75) is 33.9 Å². The molecule has 28 heavy (non-hydrogen) atoms. The van der Waals surface area contributed by atoms with Gasteiger partial charge in [0, 0.05) is 41.3 Å². The quantitative estimate of drug-likeness (QED) is 0.607. The Hall–Kier alpha value is -3.05. The minimum atomic E-state index is -0.901. The number of carboxylic acid groups (broad SMARTS) is 1. The van der Waals surface area contributed by atoms with E-state index in [-0.39, 0.29) is 0 Å². The zero-order valence-electron chi connectivity index (χ0n) is 16.5. The molecule has 0 saturated heterocycles. The number of aromatic carboxylic acids is 1. The first-order valence-electron chi connectivity index (χ1n) is 9.45. The molecule has 0 aliphatic rings. The molecule has 0 saturated carbocycles. The van der Waals surface area contributed by atoms with E-state index in [1.165, 1.54) is 0 Å². The summed E-state index contributed by atoms with van der Waals surface area (Å²) in [6.07, 6.45) is 0. The molecule has 3 aromatic rings. The number of carboxylic acids is 1. The van der Waals surface area contributed by atoms with Crippen LogP contribution in [0.2, 0.25) is 0 Å². The van der Waals surface area contributed by atoms with Crippen molar-refractivity contribution in [1.82, 2.24) is 9.88 Å². The highest BCUT2D eigenvalue weighted by atomic mass is 16.5. The largest absolute Gasteiger partial charge is 0.494 e. The third-order valence-corrected chi connectivity index (χ3v) is 4.89. The molecular weight excluding hydrogens is 352 g/mol. The van der Waals surface area contributed by atoms with E-state index in [0.29, 0.717) is 25.3 Å². The molecule has 2 N–H and O–H groups in total. The summed E-state index contributed by atoms with van der Waals surface area (Å²) in [5.74, 6) is -0.0486. The van der Waals surface area contributed by atoms with Crippen molar-refractivity contribution in [1.29, 1.82) is 0 Å². The number of para-hydroxylation sites is 2. The van der Waals surface area contributed by atoms with E-state index in [1.807, 2.05) is 79.9 Å². The third kappa shape index (κ3) is 3.94. The molecule has 1 heterocycles. The van der Waals surface area contributed by atoms with E-state index in [2.05, 4.69) is 5.32 Å². The highest BCUT2D eigenvalue weighted by Gasteiger charge is 2.23. The first-order chi connectivity index (χ1) is 13.5. The lowest BCUT2D eigenvalue weighted by atomic mass is 10.1. The lowest BCUT2D eigenvalue weighted by Gasteiger charge is -2.12. The van der Waals surface area contributed by atoms with E-state index in [1.54, 1.807) is 0 Å². The first kappa shape index (κ1) is 19.7. The van der Waals surface area contributed by atoms with Crippen LogP contribution in [0.5, 0.6) is 5.75 Å². The first-order valence-corrected chi connectivity index (χ1v) is 9.45. The van der Waals surface area contributed by atoms with Crippen molar-refractivity contribution in [2.75, 3.05) is 6.61 Å². The number of carbonyl (C=O) groups is 1. The fraction of sp³-hybridized carbons (Fsp3) is 0.261. The van der Waals surface area contributed by atoms with Gasteiger partial charge in [0.05, 0.1) is 12.2 Å². The third-order valence-electron chi connectivity index (χ3n) is 4.89. The van der Waals surface area contributed by atoms with Crippen molar-refractivity contribution in [3.8, 4) is 11.4 Å². The Bertz CT molecular complexity index is 961. The molecule has 0 fully saturated rings. The maximum atomic E-state index is 12.0. The second-order valence-corrected chi connectivity index (χ2v) is 6.64. The number of nitrogens with one attached hydrogen (secondary N) is 1. The summed E-state index contributed by atoms with van der Waals surface area (Å²) in [5.41, 5.74) is 4.87. The number of hydrogen-bond acceptors (Lipinski definition) is 3. The molecule has 0 radical (unpaired) electrons. The minimum Gasteiger partial charge on any atom is -0.494 e. The average Bonchev–Trinajstić information content (AvgIpc) is 2.94. The van der Waals surface area contributed by atoms with E-state index < -0.39 is 5.97 Å². The van der Waals surface area contributed by atoms with Gasteiger partial charge in [-0.1, -0.05) is 36.4 Å². The van der Waals surface area contributed by atoms with Gasteiger partial charge in [-0.25, -0.2) is 4.79 Å². The molecule has 0 aliphatic heterocycles. The van der Waals surface area contributed by atoms with Crippen molar-refractivity contribution in [2.24, 2.45) is 0 Å². The number of ether oxygens (including phenoxy) is 1. The van der Waals surface area contributed by atoms with E-state index >= 15 is 0 Å². The van der Waals surface area contributed by atoms with Gasteiger partial charge >= 0.3 is 5.97 Å². The predicted molar refractivity (Wildman–Crippen MR) is 110 cm³/mol. The van der Waals surface area contributed by atoms with Gasteiger partial charge < -0.3 is 19.7 Å². The summed E-state index contributed by atoms with van der Waals surface area (Å²) >= 11 is 0. The summed E-state index contributed by atoms with van der Waals surface area (Å²) in [7, 11) is 0. The minimum absolute atomic E-state index is 0.368. The highest BCUT2D eigenvalue weighted by molar-refractivity contribution is 5.91. The smallest absolute Gasteiger partial charge is 0.337 e. The van der Waals surface area contributed by atoms with Crippen molar-refractivity contribution in [3.05, 3.63) is 82.7 Å². The van der Waals surface area contributed by atoms with E-state index in [4.69, 9.17) is 4.74 Å². The molecule has 3 rings (SSSR count). The Balaban J connectivity index is 1.87. The SMILES string of the molecule is CCOc1ccccc1CNCc1c(C(=O)O)c(C)n(-c2ccccc2)c1C. The van der Waals surface area contributed by atoms with Crippen LogP contribution < -0.4 is 10.1 Å². The number of rotatable bonds is 8. The molecule has 0 aliphatic carbocycles. The molecule has 146 valence electrons. The summed E-state index contributed by atoms with van der Waals surface area (Å²) in [5, 5.41) is 13.2. The van der Waals surface area contributed by atoms with Crippen LogP contribution in [-0.2, 0) is 13.1 Å². The van der Waals surface area contributed by atoms with Gasteiger partial charge in [-0.05, 0) is 39.0 Å². The predicted octanol–water partition coefficient (Wildman–Crippen LogP) is 4.48. The highest BCUT2D eigenvalue weighted by Crippen LogP contribution is 2.27. The van der Waals surface area contributed by atoms with Crippen LogP contribution in [0.1, 0.15) is 39.8 Å². The lowest BCUT2D eigenvalue weighted by Crippen LogP contribution is -2.16. The van der Waals surface area contributed by atoms with E-state index in [9.17, 15) is 9.90 Å². The van der Waals surface area contributed by atoms with E-state index in [0.717, 1.165) is 34.0 Å². The van der Waals surface area contributed by atoms with Crippen LogP contribution in [0, 0.1) is 13.8 Å². The monoisotopic (exact) mass is 378 g/mol. The molecule has 5 nitrogen and oxygen atoms in total. The van der Waals surface area contributed by atoms with Crippen molar-refractivity contribution >= 4 is 5.97 Å². The molecular formula is C23H26N2O3. The Kier molecular flexibility index (Phi) is 6.16. The molecule has 5 heteroatoms. The molecule has 2 aromatic carbocycles. The number of hydrogen-bond donors (Lipinski definition) is 2. The Labute approximate surface area is 165 Å². The summed E-state index contributed by atoms with van der Waals surface area (Å²) in [6.45, 7) is 7.47. The van der Waals surface area contributed by atoms with Gasteiger partial charge in [0.15, 0.2) is 0 Å². The van der Waals surface area contributed by atoms with Gasteiger partial charge in [-0.3, -0.25) is 0 Å². The van der Waals surface area contributed by atoms with Crippen LogP contribution in [0.4, 0.5) is 0 Å². The van der Waals surface area contributed by atoms with Gasteiger partial charge in [-0.2, -0.15) is 0 Å². The zero-order valence-corrected chi connectivity index (χ0v) is 16.5. The standard InChI is InChI=1S/C23H26N2O3/c1-4-28-21-13-9-8-10-18(21)14-24-15-20-16(2)25(17(3)22(20)23(26)27)19-11-6-5-7-12-19/h5-13,24H,4,14-15H2,1-3H3,(H,26,27). The molecule has 1 aromatic heterocycles. The number of aromatic nitrogens is 1. The van der Waals surface area contributed by atoms with Crippen LogP contribution >= 0.6 is 0 Å². The number of benzene rings is 2. The molecule has 0 spiro atoms. The fourth-order valence-corrected chi connectivity index (χ4v) is 3.63. The fourth-order valence-electron chi connectivity index (χ4n) is 3.63. The molecule has 0 amide bonds. The Morgan fingerprint density at radius 2 is 1.68 bits per heavy atom. The normalized spacial score (nSPS) is 10.8. The molecule has 0 bridgehead atoms. The Morgan fingerprint density at radius 3 is 2.36 bits per heavy atom. The average molecular weight is 378 g/mol. The Morgan fingerprint density at radius 1 is 1.00 bits per heavy atom. The lowest BCUT2D eigenvalue weighted by molar-refractivity contribution is 0.0695. The summed E-state index contributed by atoms with van der Waals surface area (Å²) in [4.78, 5) is 12.0. The molecule has 0 atom stereocenters. The van der Waals surface area contributed by atoms with Crippen LogP contribution in [-0.4, -0.2) is 22.2 Å².